The van der Waals surface area contributed by atoms with E-state index in [2.05, 4.69) is 70.0 Å². The van der Waals surface area contributed by atoms with Crippen LogP contribution in [0.1, 0.15) is 41.4 Å². The van der Waals surface area contributed by atoms with Crippen LogP contribution in [0.15, 0.2) is 40.9 Å². The van der Waals surface area contributed by atoms with E-state index in [1.807, 2.05) is 19.1 Å². The molecule has 1 saturated heterocycles. The Hall–Kier alpha value is -2.57. The van der Waals surface area contributed by atoms with Gasteiger partial charge in [0, 0.05) is 49.7 Å². The Kier molecular flexibility index (Phi) is 5.74. The van der Waals surface area contributed by atoms with Crippen molar-refractivity contribution in [1.29, 1.82) is 0 Å². The predicted octanol–water partition coefficient (Wildman–Crippen LogP) is 3.94. The lowest BCUT2D eigenvalue weighted by Crippen LogP contribution is -2.46. The second-order valence-corrected chi connectivity index (χ2v) is 8.01. The third-order valence-corrected chi connectivity index (χ3v) is 5.79. The fourth-order valence-corrected chi connectivity index (χ4v) is 3.81. The van der Waals surface area contributed by atoms with Crippen molar-refractivity contribution in [3.8, 4) is 11.4 Å². The van der Waals surface area contributed by atoms with Gasteiger partial charge in [0.25, 0.3) is 0 Å². The molecule has 152 valence electrons. The summed E-state index contributed by atoms with van der Waals surface area (Å²) >= 11 is 0. The predicted molar refractivity (Wildman–Crippen MR) is 113 cm³/mol. The molecule has 1 aliphatic rings. The Balaban J connectivity index is 1.35. The lowest BCUT2D eigenvalue weighted by molar-refractivity contribution is 0.0844. The molecule has 3 aromatic rings. The largest absolute Gasteiger partial charge is 0.337 e. The van der Waals surface area contributed by atoms with Gasteiger partial charge in [0.1, 0.15) is 0 Å². The van der Waals surface area contributed by atoms with Gasteiger partial charge in [-0.1, -0.05) is 41.1 Å². The van der Waals surface area contributed by atoms with Gasteiger partial charge in [-0.3, -0.25) is 14.8 Å². The molecule has 0 saturated carbocycles. The molecule has 3 heterocycles. The first kappa shape index (κ1) is 19.7. The number of aryl methyl sites for hydroxylation is 3. The topological polar surface area (TPSA) is 58.3 Å². The summed E-state index contributed by atoms with van der Waals surface area (Å²) in [6.07, 6.45) is 0. The molecule has 1 atom stereocenters. The van der Waals surface area contributed by atoms with Gasteiger partial charge in [-0.2, -0.15) is 4.98 Å². The third kappa shape index (κ3) is 4.54. The minimum Gasteiger partial charge on any atom is -0.337 e. The Morgan fingerprint density at radius 3 is 2.34 bits per heavy atom. The fraction of sp³-hybridized carbons (Fsp3) is 0.435. The van der Waals surface area contributed by atoms with Crippen LogP contribution in [0.3, 0.4) is 0 Å². The average molecular weight is 392 g/mol. The number of hydrogen-bond acceptors (Lipinski definition) is 6. The molecule has 0 radical (unpaired) electrons. The first-order valence-electron chi connectivity index (χ1n) is 10.3. The van der Waals surface area contributed by atoms with Crippen molar-refractivity contribution in [3.63, 3.8) is 0 Å². The Morgan fingerprint density at radius 1 is 0.931 bits per heavy atom. The SMILES string of the molecule is Cc1ccc(-c2noc([C@H](C)N3CCN(Cc4ccc(C)nc4C)CC3)n2)cc1. The molecule has 0 amide bonds. The van der Waals surface area contributed by atoms with Crippen molar-refractivity contribution >= 4 is 0 Å². The molecule has 2 aromatic heterocycles. The number of hydrogen-bond donors (Lipinski definition) is 0. The van der Waals surface area contributed by atoms with Crippen molar-refractivity contribution in [2.45, 2.75) is 40.3 Å². The van der Waals surface area contributed by atoms with Gasteiger partial charge in [-0.15, -0.1) is 0 Å². The highest BCUT2D eigenvalue weighted by atomic mass is 16.5. The summed E-state index contributed by atoms with van der Waals surface area (Å²) in [6.45, 7) is 13.3. The van der Waals surface area contributed by atoms with Crippen molar-refractivity contribution < 1.29 is 4.52 Å². The quantitative estimate of drug-likeness (QED) is 0.657. The molecule has 29 heavy (non-hydrogen) atoms. The number of pyridine rings is 1. The van der Waals surface area contributed by atoms with E-state index in [1.165, 1.54) is 11.1 Å². The monoisotopic (exact) mass is 391 g/mol. The van der Waals surface area contributed by atoms with Crippen LogP contribution < -0.4 is 0 Å². The molecule has 0 aliphatic carbocycles. The summed E-state index contributed by atoms with van der Waals surface area (Å²) in [5.74, 6) is 1.35. The molecular weight excluding hydrogens is 362 g/mol. The van der Waals surface area contributed by atoms with Gasteiger partial charge in [-0.25, -0.2) is 0 Å². The highest BCUT2D eigenvalue weighted by Crippen LogP contribution is 2.24. The van der Waals surface area contributed by atoms with Gasteiger partial charge >= 0.3 is 0 Å². The summed E-state index contributed by atoms with van der Waals surface area (Å²) in [7, 11) is 0. The number of rotatable bonds is 5. The summed E-state index contributed by atoms with van der Waals surface area (Å²) in [5.41, 5.74) is 5.74. The lowest BCUT2D eigenvalue weighted by Gasteiger charge is -2.36. The van der Waals surface area contributed by atoms with E-state index in [4.69, 9.17) is 4.52 Å². The normalized spacial score (nSPS) is 16.8. The van der Waals surface area contributed by atoms with Crippen LogP contribution in [-0.2, 0) is 6.54 Å². The lowest BCUT2D eigenvalue weighted by atomic mass is 10.1. The van der Waals surface area contributed by atoms with Crippen LogP contribution in [0.25, 0.3) is 11.4 Å². The minimum absolute atomic E-state index is 0.117. The van der Waals surface area contributed by atoms with Crippen LogP contribution >= 0.6 is 0 Å². The van der Waals surface area contributed by atoms with Gasteiger partial charge in [-0.05, 0) is 39.3 Å². The first-order valence-corrected chi connectivity index (χ1v) is 10.3. The van der Waals surface area contributed by atoms with E-state index < -0.39 is 0 Å². The zero-order valence-electron chi connectivity index (χ0n) is 17.7. The molecule has 4 rings (SSSR count). The van der Waals surface area contributed by atoms with E-state index in [0.29, 0.717) is 11.7 Å². The van der Waals surface area contributed by atoms with E-state index >= 15 is 0 Å². The standard InChI is InChI=1S/C23H29N5O/c1-16-5-8-20(9-6-16)22-25-23(29-26-22)19(4)28-13-11-27(12-14-28)15-21-10-7-17(2)24-18(21)3/h5-10,19H,11-15H2,1-4H3/t19-/m0/s1. The number of piperazine rings is 1. The zero-order valence-corrected chi connectivity index (χ0v) is 17.7. The average Bonchev–Trinajstić information content (AvgIpc) is 3.21. The Bertz CT molecular complexity index is 958. The summed E-state index contributed by atoms with van der Waals surface area (Å²) < 4.78 is 5.59. The minimum atomic E-state index is 0.117. The summed E-state index contributed by atoms with van der Waals surface area (Å²) in [5, 5.41) is 4.19. The molecule has 1 fully saturated rings. The number of aromatic nitrogens is 3. The van der Waals surface area contributed by atoms with E-state index in [9.17, 15) is 0 Å². The molecular formula is C23H29N5O. The van der Waals surface area contributed by atoms with Crippen LogP contribution in [0, 0.1) is 20.8 Å². The van der Waals surface area contributed by atoms with Gasteiger partial charge < -0.3 is 4.52 Å². The highest BCUT2D eigenvalue weighted by Gasteiger charge is 2.26. The Morgan fingerprint density at radius 2 is 1.66 bits per heavy atom. The number of benzene rings is 1. The molecule has 1 aromatic carbocycles. The first-order chi connectivity index (χ1) is 14.0. The second kappa shape index (κ2) is 8.43. The maximum atomic E-state index is 5.59. The zero-order chi connectivity index (χ0) is 20.4. The number of nitrogens with zero attached hydrogens (tertiary/aromatic N) is 5. The molecule has 1 aliphatic heterocycles. The van der Waals surface area contributed by atoms with E-state index in [-0.39, 0.29) is 6.04 Å². The fourth-order valence-electron chi connectivity index (χ4n) is 3.81. The molecule has 6 heteroatoms. The molecule has 0 unspecified atom stereocenters. The van der Waals surface area contributed by atoms with Crippen LogP contribution in [0.4, 0.5) is 0 Å². The van der Waals surface area contributed by atoms with Crippen LogP contribution in [0.5, 0.6) is 0 Å². The summed E-state index contributed by atoms with van der Waals surface area (Å²) in [6, 6.07) is 12.6. The van der Waals surface area contributed by atoms with Crippen molar-refractivity contribution in [2.24, 2.45) is 0 Å². The highest BCUT2D eigenvalue weighted by molar-refractivity contribution is 5.54. The van der Waals surface area contributed by atoms with Crippen molar-refractivity contribution in [3.05, 3.63) is 64.8 Å². The van der Waals surface area contributed by atoms with Crippen molar-refractivity contribution in [1.82, 2.24) is 24.9 Å². The van der Waals surface area contributed by atoms with Crippen LogP contribution in [0.2, 0.25) is 0 Å². The maximum Gasteiger partial charge on any atom is 0.244 e. The third-order valence-electron chi connectivity index (χ3n) is 5.79. The Labute approximate surface area is 172 Å². The van der Waals surface area contributed by atoms with E-state index in [0.717, 1.165) is 49.7 Å². The second-order valence-electron chi connectivity index (χ2n) is 8.01. The van der Waals surface area contributed by atoms with Gasteiger partial charge in [0.15, 0.2) is 0 Å². The molecule has 0 bridgehead atoms. The molecule has 0 spiro atoms. The van der Waals surface area contributed by atoms with Crippen molar-refractivity contribution in [2.75, 3.05) is 26.2 Å². The molecule has 6 nitrogen and oxygen atoms in total. The maximum absolute atomic E-state index is 5.59. The van der Waals surface area contributed by atoms with E-state index in [1.54, 1.807) is 0 Å². The van der Waals surface area contributed by atoms with Gasteiger partial charge in [0.05, 0.1) is 6.04 Å². The smallest absolute Gasteiger partial charge is 0.244 e. The van der Waals surface area contributed by atoms with Gasteiger partial charge in [0.2, 0.25) is 11.7 Å². The molecule has 0 N–H and O–H groups in total. The van der Waals surface area contributed by atoms with Crippen LogP contribution in [-0.4, -0.2) is 51.1 Å². The summed E-state index contributed by atoms with van der Waals surface area (Å²) in [4.78, 5) is 14.2.